The summed E-state index contributed by atoms with van der Waals surface area (Å²) in [7, 11) is 0.266. The van der Waals surface area contributed by atoms with Gasteiger partial charge in [-0.2, -0.15) is 4.40 Å². The van der Waals surface area contributed by atoms with Crippen LogP contribution in [-0.2, 0) is 11.0 Å². The third-order valence-corrected chi connectivity index (χ3v) is 3.77. The van der Waals surface area contributed by atoms with E-state index in [1.807, 2.05) is 26.8 Å². The van der Waals surface area contributed by atoms with Crippen molar-refractivity contribution in [2.24, 2.45) is 4.40 Å². The summed E-state index contributed by atoms with van der Waals surface area (Å²) in [5, 5.41) is 0.477. The fraction of sp³-hybridized carbons (Fsp3) is 0.417. The lowest BCUT2D eigenvalue weighted by Gasteiger charge is -2.12. The van der Waals surface area contributed by atoms with Crippen LogP contribution in [0.4, 0.5) is 0 Å². The summed E-state index contributed by atoms with van der Waals surface area (Å²) in [5.41, 5.74) is 0.698. The third kappa shape index (κ3) is 3.82. The molecule has 1 aromatic carbocycles. The molecule has 0 radical (unpaired) electrons. The largest absolute Gasteiger partial charge is 0.495 e. The van der Waals surface area contributed by atoms with Crippen LogP contribution in [0.1, 0.15) is 26.3 Å². The Morgan fingerprint density at radius 3 is 2.59 bits per heavy atom. The van der Waals surface area contributed by atoms with Crippen LogP contribution < -0.4 is 4.74 Å². The van der Waals surface area contributed by atoms with Gasteiger partial charge in [0.2, 0.25) is 0 Å². The maximum absolute atomic E-state index is 11.7. The third-order valence-electron chi connectivity index (χ3n) is 2.02. The molecular formula is C12H16ClNO2S. The van der Waals surface area contributed by atoms with Gasteiger partial charge in [-0.3, -0.25) is 0 Å². The highest BCUT2D eigenvalue weighted by molar-refractivity contribution is 7.85. The number of rotatable bonds is 3. The number of nitrogens with zero attached hydrogens (tertiary/aromatic N) is 1. The summed E-state index contributed by atoms with van der Waals surface area (Å²) in [4.78, 5) is 0. The molecule has 5 heteroatoms. The van der Waals surface area contributed by atoms with Crippen LogP contribution in [0.3, 0.4) is 0 Å². The van der Waals surface area contributed by atoms with Gasteiger partial charge >= 0.3 is 0 Å². The summed E-state index contributed by atoms with van der Waals surface area (Å²) in [6.45, 7) is 5.61. The Hall–Kier alpha value is -0.870. The Balaban J connectivity index is 2.97. The molecule has 0 saturated carbocycles. The first-order valence-corrected chi connectivity index (χ1v) is 6.63. The van der Waals surface area contributed by atoms with Crippen molar-refractivity contribution in [2.45, 2.75) is 25.5 Å². The van der Waals surface area contributed by atoms with E-state index in [4.69, 9.17) is 16.3 Å². The van der Waals surface area contributed by atoms with Crippen LogP contribution in [0, 0.1) is 0 Å². The van der Waals surface area contributed by atoms with Gasteiger partial charge in [0.15, 0.2) is 0 Å². The van der Waals surface area contributed by atoms with Crippen molar-refractivity contribution in [3.63, 3.8) is 0 Å². The highest BCUT2D eigenvalue weighted by atomic mass is 35.5. The fourth-order valence-corrected chi connectivity index (χ4v) is 1.83. The molecule has 0 aliphatic carbocycles. The van der Waals surface area contributed by atoms with Gasteiger partial charge in [0.1, 0.15) is 16.7 Å². The molecule has 1 aromatic rings. The lowest BCUT2D eigenvalue weighted by atomic mass is 10.2. The van der Waals surface area contributed by atoms with Gasteiger partial charge in [0.25, 0.3) is 0 Å². The lowest BCUT2D eigenvalue weighted by Crippen LogP contribution is -2.19. The highest BCUT2D eigenvalue weighted by Gasteiger charge is 2.18. The van der Waals surface area contributed by atoms with Crippen molar-refractivity contribution in [1.82, 2.24) is 0 Å². The average molecular weight is 274 g/mol. The van der Waals surface area contributed by atoms with E-state index in [2.05, 4.69) is 4.40 Å². The normalized spacial score (nSPS) is 13.9. The zero-order valence-electron chi connectivity index (χ0n) is 10.4. The molecule has 0 aliphatic rings. The number of hydrogen-bond donors (Lipinski definition) is 0. The molecule has 0 unspecified atom stereocenters. The number of hydrogen-bond acceptors (Lipinski definition) is 2. The number of methoxy groups -OCH3 is 1. The zero-order valence-corrected chi connectivity index (χ0v) is 11.9. The van der Waals surface area contributed by atoms with Crippen LogP contribution in [0.25, 0.3) is 0 Å². The molecule has 1 atom stereocenters. The van der Waals surface area contributed by atoms with Gasteiger partial charge in [0, 0.05) is 11.8 Å². The maximum atomic E-state index is 11.7. The van der Waals surface area contributed by atoms with E-state index in [9.17, 15) is 4.21 Å². The van der Waals surface area contributed by atoms with E-state index in [0.29, 0.717) is 16.3 Å². The minimum Gasteiger partial charge on any atom is -0.495 e. The molecule has 0 saturated heterocycles. The summed E-state index contributed by atoms with van der Waals surface area (Å²) >= 11 is 6.09. The van der Waals surface area contributed by atoms with Gasteiger partial charge in [0.05, 0.1) is 16.9 Å². The zero-order chi connectivity index (χ0) is 13.1. The number of benzene rings is 1. The minimum absolute atomic E-state index is 0.373. The fourth-order valence-electron chi connectivity index (χ4n) is 1.05. The molecule has 94 valence electrons. The molecule has 1 rings (SSSR count). The Bertz CT molecular complexity index is 452. The SMILES string of the molecule is COc1cccc(/C=N/[S@](=O)C(C)(C)C)c1Cl. The van der Waals surface area contributed by atoms with E-state index in [-0.39, 0.29) is 4.75 Å². The molecule has 3 nitrogen and oxygen atoms in total. The molecule has 0 aromatic heterocycles. The predicted molar refractivity (Wildman–Crippen MR) is 73.5 cm³/mol. The van der Waals surface area contributed by atoms with Crippen molar-refractivity contribution in [3.8, 4) is 5.75 Å². The van der Waals surface area contributed by atoms with Crippen LogP contribution in [0.5, 0.6) is 5.75 Å². The average Bonchev–Trinajstić information content (AvgIpc) is 2.26. The van der Waals surface area contributed by atoms with E-state index < -0.39 is 11.0 Å². The molecule has 0 aliphatic heterocycles. The van der Waals surface area contributed by atoms with Crippen LogP contribution >= 0.6 is 11.6 Å². The molecule has 0 bridgehead atoms. The monoisotopic (exact) mass is 273 g/mol. The standard InChI is InChI=1S/C12H16ClNO2S/c1-12(2,3)17(15)14-8-9-6-5-7-10(16-4)11(9)13/h5-8H,1-4H3/b14-8+/t17-/m1/s1. The van der Waals surface area contributed by atoms with Gasteiger partial charge in [-0.25, -0.2) is 4.21 Å². The van der Waals surface area contributed by atoms with E-state index >= 15 is 0 Å². The van der Waals surface area contributed by atoms with Gasteiger partial charge in [-0.1, -0.05) is 23.7 Å². The Labute approximate surface area is 109 Å². The van der Waals surface area contributed by atoms with Gasteiger partial charge < -0.3 is 4.74 Å². The van der Waals surface area contributed by atoms with Gasteiger partial charge in [-0.05, 0) is 26.8 Å². The van der Waals surface area contributed by atoms with Crippen molar-refractivity contribution < 1.29 is 8.95 Å². The van der Waals surface area contributed by atoms with Gasteiger partial charge in [-0.15, -0.1) is 0 Å². The second-order valence-electron chi connectivity index (χ2n) is 4.46. The summed E-state index contributed by atoms with van der Waals surface area (Å²) in [6.07, 6.45) is 1.52. The number of halogens is 1. The Morgan fingerprint density at radius 2 is 2.06 bits per heavy atom. The van der Waals surface area contributed by atoms with Crippen LogP contribution in [0.15, 0.2) is 22.6 Å². The molecule has 0 heterocycles. The summed E-state index contributed by atoms with van der Waals surface area (Å²) in [5.74, 6) is 0.581. The molecule has 0 spiro atoms. The summed E-state index contributed by atoms with van der Waals surface area (Å²) < 4.78 is 20.5. The van der Waals surface area contributed by atoms with Crippen molar-refractivity contribution in [1.29, 1.82) is 0 Å². The first-order valence-electron chi connectivity index (χ1n) is 5.15. The Kier molecular flexibility index (Phi) is 4.71. The van der Waals surface area contributed by atoms with E-state index in [0.717, 1.165) is 0 Å². The van der Waals surface area contributed by atoms with Crippen molar-refractivity contribution in [3.05, 3.63) is 28.8 Å². The van der Waals surface area contributed by atoms with Crippen LogP contribution in [0.2, 0.25) is 5.02 Å². The molecule has 0 N–H and O–H groups in total. The maximum Gasteiger partial charge on any atom is 0.144 e. The second kappa shape index (κ2) is 5.65. The van der Waals surface area contributed by atoms with Crippen LogP contribution in [-0.4, -0.2) is 22.3 Å². The smallest absolute Gasteiger partial charge is 0.144 e. The topological polar surface area (TPSA) is 38.7 Å². The number of ether oxygens (including phenoxy) is 1. The van der Waals surface area contributed by atoms with Crippen molar-refractivity contribution in [2.75, 3.05) is 7.11 Å². The molecule has 17 heavy (non-hydrogen) atoms. The molecule has 0 amide bonds. The van der Waals surface area contributed by atoms with Crippen molar-refractivity contribution >= 4 is 28.8 Å². The minimum atomic E-state index is -1.28. The quantitative estimate of drug-likeness (QED) is 0.793. The first-order chi connectivity index (χ1) is 7.86. The lowest BCUT2D eigenvalue weighted by molar-refractivity contribution is 0.415. The second-order valence-corrected chi connectivity index (χ2v) is 6.77. The highest BCUT2D eigenvalue weighted by Crippen LogP contribution is 2.26. The van der Waals surface area contributed by atoms with E-state index in [1.54, 1.807) is 19.2 Å². The molecule has 0 fully saturated rings. The molecular weight excluding hydrogens is 258 g/mol. The summed E-state index contributed by atoms with van der Waals surface area (Å²) in [6, 6.07) is 5.38. The first kappa shape index (κ1) is 14.2. The van der Waals surface area contributed by atoms with E-state index in [1.165, 1.54) is 6.21 Å². The predicted octanol–water partition coefficient (Wildman–Crippen LogP) is 3.23. The Morgan fingerprint density at radius 1 is 1.41 bits per heavy atom.